The zero-order valence-corrected chi connectivity index (χ0v) is 16.3. The zero-order chi connectivity index (χ0) is 19.0. The van der Waals surface area contributed by atoms with E-state index in [0.717, 1.165) is 34.6 Å². The molecule has 0 fully saturated rings. The van der Waals surface area contributed by atoms with E-state index < -0.39 is 9.84 Å². The van der Waals surface area contributed by atoms with Crippen molar-refractivity contribution in [2.75, 3.05) is 4.90 Å². The zero-order valence-electron chi connectivity index (χ0n) is 15.5. The second-order valence-corrected chi connectivity index (χ2v) is 9.53. The number of para-hydroxylation sites is 1. The van der Waals surface area contributed by atoms with E-state index in [-0.39, 0.29) is 5.41 Å². The summed E-state index contributed by atoms with van der Waals surface area (Å²) in [5.74, 6) is 0.812. The van der Waals surface area contributed by atoms with Crippen LogP contribution in [0.3, 0.4) is 0 Å². The maximum atomic E-state index is 13.4. The number of anilines is 3. The Balaban J connectivity index is 1.97. The molecule has 0 bridgehead atoms. The van der Waals surface area contributed by atoms with Crippen molar-refractivity contribution >= 4 is 27.0 Å². The summed E-state index contributed by atoms with van der Waals surface area (Å²) in [6.07, 6.45) is 2.62. The van der Waals surface area contributed by atoms with Gasteiger partial charge in [-0.1, -0.05) is 45.0 Å². The minimum atomic E-state index is -3.58. The van der Waals surface area contributed by atoms with E-state index in [1.165, 1.54) is 0 Å². The Bertz CT molecular complexity index is 1210. The molecule has 0 atom stereocenters. The van der Waals surface area contributed by atoms with Crippen molar-refractivity contribution in [1.29, 1.82) is 0 Å². The molecule has 27 heavy (non-hydrogen) atoms. The number of aryl methyl sites for hydroxylation is 1. The summed E-state index contributed by atoms with van der Waals surface area (Å²) < 4.78 is 26.8. The smallest absolute Gasteiger partial charge is 0.210 e. The Morgan fingerprint density at radius 1 is 1.00 bits per heavy atom. The van der Waals surface area contributed by atoms with Gasteiger partial charge in [0.1, 0.15) is 5.82 Å². The summed E-state index contributed by atoms with van der Waals surface area (Å²) in [5, 5.41) is 0. The molecule has 136 valence electrons. The highest BCUT2D eigenvalue weighted by atomic mass is 32.2. The Labute approximate surface area is 159 Å². The molecule has 0 amide bonds. The van der Waals surface area contributed by atoms with Gasteiger partial charge in [0.15, 0.2) is 0 Å². The molecular formula is C22H20N2O2S. The highest BCUT2D eigenvalue weighted by Gasteiger charge is 2.45. The Morgan fingerprint density at radius 3 is 2.56 bits per heavy atom. The number of hydrogen-bond acceptors (Lipinski definition) is 4. The van der Waals surface area contributed by atoms with E-state index in [1.807, 2.05) is 35.2 Å². The van der Waals surface area contributed by atoms with E-state index >= 15 is 0 Å². The van der Waals surface area contributed by atoms with Crippen molar-refractivity contribution < 1.29 is 8.42 Å². The van der Waals surface area contributed by atoms with Crippen LogP contribution in [0.1, 0.15) is 37.5 Å². The molecule has 2 aliphatic rings. The van der Waals surface area contributed by atoms with Crippen LogP contribution in [0.2, 0.25) is 0 Å². The number of benzene rings is 2. The largest absolute Gasteiger partial charge is 0.292 e. The fourth-order valence-corrected chi connectivity index (χ4v) is 5.95. The van der Waals surface area contributed by atoms with Gasteiger partial charge >= 0.3 is 0 Å². The molecule has 0 unspecified atom stereocenters. The molecule has 1 aromatic heterocycles. The molecule has 4 nitrogen and oxygen atoms in total. The van der Waals surface area contributed by atoms with Crippen LogP contribution in [-0.4, -0.2) is 13.4 Å². The van der Waals surface area contributed by atoms with E-state index in [0.29, 0.717) is 15.5 Å². The predicted molar refractivity (Wildman–Crippen MR) is 106 cm³/mol. The molecule has 5 rings (SSSR count). The number of sulfone groups is 1. The molecule has 2 aliphatic heterocycles. The first-order valence-electron chi connectivity index (χ1n) is 9.14. The van der Waals surface area contributed by atoms with Crippen molar-refractivity contribution in [3.63, 3.8) is 0 Å². The minimum absolute atomic E-state index is 0.333. The van der Waals surface area contributed by atoms with Gasteiger partial charge in [0.05, 0.1) is 21.2 Å². The van der Waals surface area contributed by atoms with Crippen LogP contribution in [0.4, 0.5) is 17.2 Å². The quantitative estimate of drug-likeness (QED) is 0.474. The standard InChI is InChI=1S/C22H20N2O2S/c1-4-14-10-11-18-17(13-14)24-20-15(7-5-9-19(20)27(18,25)26)22(2,3)16-8-6-12-23-21(16)24/h5-13H,4H2,1-3H3. The summed E-state index contributed by atoms with van der Waals surface area (Å²) in [4.78, 5) is 7.43. The second kappa shape index (κ2) is 5.20. The monoisotopic (exact) mass is 376 g/mol. The number of fused-ring (bicyclic) bond motifs is 4. The summed E-state index contributed by atoms with van der Waals surface area (Å²) in [6, 6.07) is 15.2. The molecule has 2 aromatic carbocycles. The van der Waals surface area contributed by atoms with Crippen molar-refractivity contribution in [3.05, 3.63) is 71.4 Å². The molecule has 3 aromatic rings. The number of aromatic nitrogens is 1. The lowest BCUT2D eigenvalue weighted by Gasteiger charge is -2.44. The van der Waals surface area contributed by atoms with E-state index in [9.17, 15) is 8.42 Å². The third-order valence-corrected chi connectivity index (χ3v) is 7.65. The van der Waals surface area contributed by atoms with Gasteiger partial charge < -0.3 is 0 Å². The van der Waals surface area contributed by atoms with Crippen molar-refractivity contribution in [2.45, 2.75) is 42.4 Å². The van der Waals surface area contributed by atoms with E-state index in [4.69, 9.17) is 0 Å². The summed E-state index contributed by atoms with van der Waals surface area (Å²) in [6.45, 7) is 6.33. The number of pyridine rings is 1. The molecule has 0 radical (unpaired) electrons. The molecule has 0 saturated heterocycles. The summed E-state index contributed by atoms with van der Waals surface area (Å²) in [7, 11) is -3.58. The Kier molecular flexibility index (Phi) is 3.18. The van der Waals surface area contributed by atoms with Crippen LogP contribution >= 0.6 is 0 Å². The summed E-state index contributed by atoms with van der Waals surface area (Å²) >= 11 is 0. The molecular weight excluding hydrogens is 356 g/mol. The lowest BCUT2D eigenvalue weighted by molar-refractivity contribution is 0.589. The van der Waals surface area contributed by atoms with Gasteiger partial charge in [-0.3, -0.25) is 4.90 Å². The first-order chi connectivity index (χ1) is 12.9. The fraction of sp³-hybridized carbons (Fsp3) is 0.227. The third-order valence-electron chi connectivity index (χ3n) is 5.82. The number of rotatable bonds is 1. The first-order valence-corrected chi connectivity index (χ1v) is 10.6. The molecule has 0 spiro atoms. The average Bonchev–Trinajstić information content (AvgIpc) is 2.67. The van der Waals surface area contributed by atoms with Crippen LogP contribution in [-0.2, 0) is 21.7 Å². The summed E-state index contributed by atoms with van der Waals surface area (Å²) in [5.41, 5.74) is 4.32. The lowest BCUT2D eigenvalue weighted by atomic mass is 9.74. The Morgan fingerprint density at radius 2 is 1.78 bits per heavy atom. The van der Waals surface area contributed by atoms with Crippen molar-refractivity contribution in [3.8, 4) is 0 Å². The van der Waals surface area contributed by atoms with Gasteiger partial charge in [-0.15, -0.1) is 0 Å². The van der Waals surface area contributed by atoms with Gasteiger partial charge in [-0.25, -0.2) is 13.4 Å². The average molecular weight is 376 g/mol. The molecule has 0 aliphatic carbocycles. The van der Waals surface area contributed by atoms with Gasteiger partial charge in [0.25, 0.3) is 0 Å². The van der Waals surface area contributed by atoms with E-state index in [2.05, 4.69) is 31.8 Å². The normalized spacial score (nSPS) is 17.7. The van der Waals surface area contributed by atoms with Crippen LogP contribution in [0, 0.1) is 0 Å². The third kappa shape index (κ3) is 1.98. The molecule has 3 heterocycles. The van der Waals surface area contributed by atoms with Gasteiger partial charge in [-0.2, -0.15) is 0 Å². The van der Waals surface area contributed by atoms with Gasteiger partial charge in [0, 0.05) is 17.2 Å². The Hall–Kier alpha value is -2.66. The molecule has 0 N–H and O–H groups in total. The van der Waals surface area contributed by atoms with E-state index in [1.54, 1.807) is 18.3 Å². The highest BCUT2D eigenvalue weighted by Crippen LogP contribution is 2.57. The van der Waals surface area contributed by atoms with Gasteiger partial charge in [0.2, 0.25) is 9.84 Å². The first kappa shape index (κ1) is 16.5. The number of nitrogens with zero attached hydrogens (tertiary/aromatic N) is 2. The van der Waals surface area contributed by atoms with Crippen LogP contribution in [0.25, 0.3) is 0 Å². The predicted octanol–water partition coefficient (Wildman–Crippen LogP) is 4.90. The lowest BCUT2D eigenvalue weighted by Crippen LogP contribution is -2.35. The minimum Gasteiger partial charge on any atom is -0.292 e. The van der Waals surface area contributed by atoms with Gasteiger partial charge in [-0.05, 0) is 41.8 Å². The second-order valence-electron chi connectivity index (χ2n) is 7.65. The number of hydrogen-bond donors (Lipinski definition) is 0. The highest BCUT2D eigenvalue weighted by molar-refractivity contribution is 7.92. The SMILES string of the molecule is CCc1ccc2c(c1)N1c3ncccc3C(C)(C)c3cccc(c31)S2(=O)=O. The maximum absolute atomic E-state index is 13.4. The van der Waals surface area contributed by atoms with Crippen LogP contribution in [0.15, 0.2) is 64.5 Å². The van der Waals surface area contributed by atoms with Crippen LogP contribution < -0.4 is 4.90 Å². The topological polar surface area (TPSA) is 50.3 Å². The molecule has 0 saturated carbocycles. The maximum Gasteiger partial charge on any atom is 0.210 e. The van der Waals surface area contributed by atoms with Crippen molar-refractivity contribution in [2.24, 2.45) is 0 Å². The van der Waals surface area contributed by atoms with Crippen LogP contribution in [0.5, 0.6) is 0 Å². The fourth-order valence-electron chi connectivity index (χ4n) is 4.33. The van der Waals surface area contributed by atoms with Crippen molar-refractivity contribution in [1.82, 2.24) is 4.98 Å². The molecule has 5 heteroatoms.